The number of ether oxygens (including phenoxy) is 1. The summed E-state index contributed by atoms with van der Waals surface area (Å²) < 4.78 is 5.33. The Bertz CT molecular complexity index is 912. The van der Waals surface area contributed by atoms with E-state index in [1.165, 1.54) is 0 Å². The normalized spacial score (nSPS) is 14.0. The van der Waals surface area contributed by atoms with Gasteiger partial charge in [-0.15, -0.1) is 6.42 Å². The lowest BCUT2D eigenvalue weighted by atomic mass is 9.94. The summed E-state index contributed by atoms with van der Waals surface area (Å²) in [5.41, 5.74) is 0.406. The molecule has 0 aromatic heterocycles. The SMILES string of the molecule is C#Cc1ccccc1C(C(=O)NC(C)C)N(C(=O)C(C)NC(=O)OC(C)(C)C)C(C)CCC(C)C. The third-order valence-electron chi connectivity index (χ3n) is 5.36. The zero-order valence-corrected chi connectivity index (χ0v) is 22.8. The maximum atomic E-state index is 13.9. The molecule has 7 nitrogen and oxygen atoms in total. The Morgan fingerprint density at radius 1 is 1.00 bits per heavy atom. The molecule has 0 heterocycles. The van der Waals surface area contributed by atoms with Crippen LogP contribution in [0.4, 0.5) is 4.79 Å². The fourth-order valence-corrected chi connectivity index (χ4v) is 3.73. The Balaban J connectivity index is 3.52. The van der Waals surface area contributed by atoms with Gasteiger partial charge in [0.05, 0.1) is 0 Å². The van der Waals surface area contributed by atoms with Gasteiger partial charge in [0, 0.05) is 17.6 Å². The van der Waals surface area contributed by atoms with Gasteiger partial charge in [0.25, 0.3) is 0 Å². The van der Waals surface area contributed by atoms with Crippen LogP contribution in [-0.4, -0.2) is 46.5 Å². The topological polar surface area (TPSA) is 87.7 Å². The minimum atomic E-state index is -0.956. The highest BCUT2D eigenvalue weighted by atomic mass is 16.6. The van der Waals surface area contributed by atoms with Crippen LogP contribution in [-0.2, 0) is 14.3 Å². The van der Waals surface area contributed by atoms with Crippen molar-refractivity contribution >= 4 is 17.9 Å². The molecule has 0 saturated heterocycles. The smallest absolute Gasteiger partial charge is 0.408 e. The Hall–Kier alpha value is -3.01. The van der Waals surface area contributed by atoms with Gasteiger partial charge in [0.1, 0.15) is 17.7 Å². The number of nitrogens with zero attached hydrogens (tertiary/aromatic N) is 1. The van der Waals surface area contributed by atoms with Crippen LogP contribution in [0, 0.1) is 18.3 Å². The molecular formula is C28H43N3O4. The van der Waals surface area contributed by atoms with Crippen molar-refractivity contribution in [1.29, 1.82) is 0 Å². The molecule has 1 aromatic carbocycles. The van der Waals surface area contributed by atoms with Crippen LogP contribution in [0.25, 0.3) is 0 Å². The van der Waals surface area contributed by atoms with Crippen LogP contribution in [0.2, 0.25) is 0 Å². The number of rotatable bonds is 10. The number of amides is 3. The van der Waals surface area contributed by atoms with Crippen molar-refractivity contribution < 1.29 is 19.1 Å². The number of hydrogen-bond acceptors (Lipinski definition) is 4. The maximum Gasteiger partial charge on any atom is 0.408 e. The van der Waals surface area contributed by atoms with E-state index in [0.717, 1.165) is 6.42 Å². The number of alkyl carbamates (subject to hydrolysis) is 1. The number of hydrogen-bond donors (Lipinski definition) is 2. The van der Waals surface area contributed by atoms with Gasteiger partial charge in [-0.3, -0.25) is 9.59 Å². The second-order valence-corrected chi connectivity index (χ2v) is 10.7. The fourth-order valence-electron chi connectivity index (χ4n) is 3.73. The molecule has 0 fully saturated rings. The maximum absolute atomic E-state index is 13.9. The first-order valence-corrected chi connectivity index (χ1v) is 12.4. The Kier molecular flexibility index (Phi) is 11.3. The van der Waals surface area contributed by atoms with Gasteiger partial charge in [0.15, 0.2) is 0 Å². The lowest BCUT2D eigenvalue weighted by molar-refractivity contribution is -0.145. The van der Waals surface area contributed by atoms with Gasteiger partial charge in [-0.2, -0.15) is 0 Å². The predicted molar refractivity (Wildman–Crippen MR) is 140 cm³/mol. The molecule has 2 N–H and O–H groups in total. The first kappa shape index (κ1) is 30.0. The molecule has 0 radical (unpaired) electrons. The van der Waals surface area contributed by atoms with Crippen molar-refractivity contribution in [2.24, 2.45) is 5.92 Å². The molecule has 7 heteroatoms. The van der Waals surface area contributed by atoms with Crippen LogP contribution >= 0.6 is 0 Å². The molecule has 0 aliphatic carbocycles. The highest BCUT2D eigenvalue weighted by molar-refractivity contribution is 5.92. The number of benzene rings is 1. The van der Waals surface area contributed by atoms with Gasteiger partial charge in [-0.25, -0.2) is 4.79 Å². The third kappa shape index (κ3) is 9.64. The first-order valence-electron chi connectivity index (χ1n) is 12.4. The van der Waals surface area contributed by atoms with E-state index in [4.69, 9.17) is 11.2 Å². The minimum absolute atomic E-state index is 0.136. The molecule has 1 aromatic rings. The van der Waals surface area contributed by atoms with Gasteiger partial charge in [-0.1, -0.05) is 38.0 Å². The van der Waals surface area contributed by atoms with Crippen molar-refractivity contribution in [2.75, 3.05) is 0 Å². The summed E-state index contributed by atoms with van der Waals surface area (Å²) in [5.74, 6) is 2.36. The van der Waals surface area contributed by atoms with Crippen LogP contribution in [0.5, 0.6) is 0 Å². The summed E-state index contributed by atoms with van der Waals surface area (Å²) in [7, 11) is 0. The number of carbonyl (C=O) groups is 3. The molecule has 3 atom stereocenters. The molecule has 0 saturated carbocycles. The molecule has 194 valence electrons. The summed E-state index contributed by atoms with van der Waals surface area (Å²) in [6.07, 6.45) is 6.63. The van der Waals surface area contributed by atoms with E-state index in [-0.39, 0.29) is 23.9 Å². The molecule has 3 unspecified atom stereocenters. The lowest BCUT2D eigenvalue weighted by Crippen LogP contribution is -2.55. The summed E-state index contributed by atoms with van der Waals surface area (Å²) in [5, 5.41) is 5.57. The van der Waals surface area contributed by atoms with Crippen molar-refractivity contribution in [1.82, 2.24) is 15.5 Å². The fraction of sp³-hybridized carbons (Fsp3) is 0.607. The van der Waals surface area contributed by atoms with Gasteiger partial charge >= 0.3 is 6.09 Å². The molecule has 0 bridgehead atoms. The monoisotopic (exact) mass is 485 g/mol. The van der Waals surface area contributed by atoms with Crippen molar-refractivity contribution in [3.05, 3.63) is 35.4 Å². The number of terminal acetylenes is 1. The van der Waals surface area contributed by atoms with Gasteiger partial charge in [0.2, 0.25) is 11.8 Å². The molecule has 0 aliphatic heterocycles. The Labute approximate surface area is 211 Å². The van der Waals surface area contributed by atoms with E-state index in [9.17, 15) is 14.4 Å². The molecular weight excluding hydrogens is 442 g/mol. The zero-order valence-electron chi connectivity index (χ0n) is 22.8. The van der Waals surface area contributed by atoms with E-state index in [0.29, 0.717) is 23.5 Å². The highest BCUT2D eigenvalue weighted by Crippen LogP contribution is 2.29. The van der Waals surface area contributed by atoms with E-state index in [2.05, 4.69) is 30.4 Å². The average molecular weight is 486 g/mol. The first-order chi connectivity index (χ1) is 16.2. The molecule has 0 aliphatic rings. The van der Waals surface area contributed by atoms with Gasteiger partial charge < -0.3 is 20.3 Å². The second-order valence-electron chi connectivity index (χ2n) is 10.7. The summed E-state index contributed by atoms with van der Waals surface area (Å²) in [6.45, 7) is 16.7. The van der Waals surface area contributed by atoms with Crippen molar-refractivity contribution in [2.45, 2.75) is 105 Å². The van der Waals surface area contributed by atoms with Crippen LogP contribution in [0.3, 0.4) is 0 Å². The standard InChI is InChI=1S/C28H43N3O4/c1-11-22-14-12-13-15-23(22)24(25(32)29-19(4)5)31(20(6)17-16-18(2)3)26(33)21(7)30-27(34)35-28(8,9)10/h1,12-15,18-21,24H,16-17H2,2-10H3,(H,29,32)(H,30,34). The second kappa shape index (κ2) is 13.2. The van der Waals surface area contributed by atoms with Crippen LogP contribution in [0.1, 0.15) is 92.3 Å². The van der Waals surface area contributed by atoms with Gasteiger partial charge in [-0.05, 0) is 78.9 Å². The lowest BCUT2D eigenvalue weighted by Gasteiger charge is -2.38. The predicted octanol–water partition coefficient (Wildman–Crippen LogP) is 4.80. The van der Waals surface area contributed by atoms with E-state index in [1.807, 2.05) is 20.8 Å². The zero-order chi connectivity index (χ0) is 26.9. The van der Waals surface area contributed by atoms with E-state index < -0.39 is 23.8 Å². The molecule has 1 rings (SSSR count). The summed E-state index contributed by atoms with van der Waals surface area (Å²) >= 11 is 0. The van der Waals surface area contributed by atoms with Crippen LogP contribution in [0.15, 0.2) is 24.3 Å². The van der Waals surface area contributed by atoms with Crippen LogP contribution < -0.4 is 10.6 Å². The van der Waals surface area contributed by atoms with E-state index in [1.54, 1.807) is 56.9 Å². The Morgan fingerprint density at radius 2 is 1.60 bits per heavy atom. The van der Waals surface area contributed by atoms with Crippen molar-refractivity contribution in [3.8, 4) is 12.3 Å². The molecule has 35 heavy (non-hydrogen) atoms. The molecule has 3 amide bonds. The average Bonchev–Trinajstić information content (AvgIpc) is 2.73. The largest absolute Gasteiger partial charge is 0.444 e. The highest BCUT2D eigenvalue weighted by Gasteiger charge is 2.38. The summed E-state index contributed by atoms with van der Waals surface area (Å²) in [4.78, 5) is 41.4. The third-order valence-corrected chi connectivity index (χ3v) is 5.36. The Morgan fingerprint density at radius 3 is 2.11 bits per heavy atom. The minimum Gasteiger partial charge on any atom is -0.444 e. The number of carbonyl (C=O) groups excluding carboxylic acids is 3. The van der Waals surface area contributed by atoms with Crippen molar-refractivity contribution in [3.63, 3.8) is 0 Å². The quantitative estimate of drug-likeness (QED) is 0.466. The molecule has 0 spiro atoms. The summed E-state index contributed by atoms with van der Waals surface area (Å²) in [6, 6.07) is 4.84. The van der Waals surface area contributed by atoms with E-state index >= 15 is 0 Å². The number of nitrogens with one attached hydrogen (secondary N) is 2.